The summed E-state index contributed by atoms with van der Waals surface area (Å²) in [5, 5.41) is 12.7. The smallest absolute Gasteiger partial charge is 0.256 e. The van der Waals surface area contributed by atoms with E-state index in [9.17, 15) is 14.3 Å². The molecular weight excluding hydrogens is 235 g/mol. The molecule has 0 aliphatic carbocycles. The third kappa shape index (κ3) is 2.37. The molecule has 98 valence electrons. The molecule has 0 bridgehead atoms. The molecule has 18 heavy (non-hydrogen) atoms. The van der Waals surface area contributed by atoms with Crippen molar-refractivity contribution in [1.29, 1.82) is 0 Å². The Hall–Kier alpha value is -1.46. The molecular formula is C13H17FN2O2. The number of hydrogen-bond donors (Lipinski definition) is 2. The number of β-amino-alcohol motifs (C(OH)–C–C–N with tert-alkyl or cyclic N) is 1. The Bertz CT molecular complexity index is 464. The van der Waals surface area contributed by atoms with Crippen LogP contribution in [0.3, 0.4) is 0 Å². The Kier molecular flexibility index (Phi) is 3.63. The number of aliphatic hydroxyl groups excluding tert-OH is 1. The standard InChI is InChI=1S/C13H17FN2O2/c1-8-3-4-10(14)9(5-8)13(18)16(2)11-6-15-7-12(11)17/h3-5,11-12,15,17H,6-7H2,1-2H3/t11-,12-/m1/s1. The molecule has 1 aromatic carbocycles. The number of nitrogens with one attached hydrogen (secondary N) is 1. The number of hydrogen-bond acceptors (Lipinski definition) is 3. The van der Waals surface area contributed by atoms with Crippen molar-refractivity contribution in [1.82, 2.24) is 10.2 Å². The van der Waals surface area contributed by atoms with Crippen LogP contribution in [0.1, 0.15) is 15.9 Å². The van der Waals surface area contributed by atoms with Crippen LogP contribution in [0, 0.1) is 12.7 Å². The van der Waals surface area contributed by atoms with E-state index in [2.05, 4.69) is 5.32 Å². The summed E-state index contributed by atoms with van der Waals surface area (Å²) in [7, 11) is 1.59. The highest BCUT2D eigenvalue weighted by molar-refractivity contribution is 5.94. The van der Waals surface area contributed by atoms with Gasteiger partial charge in [0.15, 0.2) is 0 Å². The normalized spacial score (nSPS) is 23.1. The van der Waals surface area contributed by atoms with Crippen molar-refractivity contribution in [2.24, 2.45) is 0 Å². The van der Waals surface area contributed by atoms with Gasteiger partial charge in [0, 0.05) is 20.1 Å². The topological polar surface area (TPSA) is 52.6 Å². The van der Waals surface area contributed by atoms with E-state index in [1.807, 2.05) is 6.92 Å². The molecule has 0 radical (unpaired) electrons. The maximum Gasteiger partial charge on any atom is 0.256 e. The van der Waals surface area contributed by atoms with Gasteiger partial charge in [0.05, 0.1) is 17.7 Å². The number of likely N-dealkylation sites (N-methyl/N-ethyl adjacent to an activating group) is 1. The van der Waals surface area contributed by atoms with Crippen molar-refractivity contribution in [2.45, 2.75) is 19.1 Å². The van der Waals surface area contributed by atoms with Gasteiger partial charge in [-0.15, -0.1) is 0 Å². The predicted octanol–water partition coefficient (Wildman–Crippen LogP) is 0.539. The zero-order chi connectivity index (χ0) is 13.3. The number of carbonyl (C=O) groups excluding carboxylic acids is 1. The third-order valence-electron chi connectivity index (χ3n) is 3.32. The molecule has 1 fully saturated rings. The van der Waals surface area contributed by atoms with Gasteiger partial charge in [-0.05, 0) is 19.1 Å². The van der Waals surface area contributed by atoms with E-state index in [0.717, 1.165) is 5.56 Å². The molecule has 1 aliphatic heterocycles. The molecule has 1 amide bonds. The lowest BCUT2D eigenvalue weighted by Crippen LogP contribution is -2.44. The summed E-state index contributed by atoms with van der Waals surface area (Å²) < 4.78 is 13.6. The molecule has 1 saturated heterocycles. The molecule has 2 N–H and O–H groups in total. The molecule has 0 unspecified atom stereocenters. The molecule has 1 aromatic rings. The minimum Gasteiger partial charge on any atom is -0.390 e. The summed E-state index contributed by atoms with van der Waals surface area (Å²) >= 11 is 0. The van der Waals surface area contributed by atoms with E-state index in [4.69, 9.17) is 0 Å². The molecule has 2 atom stereocenters. The first kappa shape index (κ1) is 13.0. The summed E-state index contributed by atoms with van der Waals surface area (Å²) in [6, 6.07) is 4.14. The zero-order valence-electron chi connectivity index (χ0n) is 10.5. The molecule has 0 saturated carbocycles. The second kappa shape index (κ2) is 5.04. The van der Waals surface area contributed by atoms with Crippen molar-refractivity contribution in [3.05, 3.63) is 35.1 Å². The number of amides is 1. The van der Waals surface area contributed by atoms with E-state index in [1.54, 1.807) is 13.1 Å². The molecule has 2 rings (SSSR count). The summed E-state index contributed by atoms with van der Waals surface area (Å²) in [6.07, 6.45) is -0.605. The van der Waals surface area contributed by atoms with Crippen LogP contribution in [0.15, 0.2) is 18.2 Å². The van der Waals surface area contributed by atoms with Crippen LogP contribution in [-0.2, 0) is 0 Å². The maximum atomic E-state index is 13.6. The van der Waals surface area contributed by atoms with E-state index >= 15 is 0 Å². The van der Waals surface area contributed by atoms with Crippen LogP contribution in [0.25, 0.3) is 0 Å². The number of rotatable bonds is 2. The molecule has 0 spiro atoms. The van der Waals surface area contributed by atoms with Crippen LogP contribution in [0.5, 0.6) is 0 Å². The number of aliphatic hydroxyl groups is 1. The number of carbonyl (C=O) groups is 1. The van der Waals surface area contributed by atoms with Gasteiger partial charge in [-0.25, -0.2) is 4.39 Å². The first-order chi connectivity index (χ1) is 8.50. The fraction of sp³-hybridized carbons (Fsp3) is 0.462. The second-order valence-electron chi connectivity index (χ2n) is 4.69. The van der Waals surface area contributed by atoms with Gasteiger partial charge >= 0.3 is 0 Å². The van der Waals surface area contributed by atoms with Crippen molar-refractivity contribution in [3.63, 3.8) is 0 Å². The summed E-state index contributed by atoms with van der Waals surface area (Å²) in [6.45, 7) is 2.79. The van der Waals surface area contributed by atoms with Crippen molar-refractivity contribution < 1.29 is 14.3 Å². The largest absolute Gasteiger partial charge is 0.390 e. The molecule has 1 aliphatic rings. The SMILES string of the molecule is Cc1ccc(F)c(C(=O)N(C)[C@@H]2CNC[C@H]2O)c1. The van der Waals surface area contributed by atoms with Crippen molar-refractivity contribution in [3.8, 4) is 0 Å². The highest BCUT2D eigenvalue weighted by Crippen LogP contribution is 2.16. The minimum absolute atomic E-state index is 0.0524. The van der Waals surface area contributed by atoms with Crippen LogP contribution in [0.2, 0.25) is 0 Å². The van der Waals surface area contributed by atoms with Crippen LogP contribution < -0.4 is 5.32 Å². The highest BCUT2D eigenvalue weighted by atomic mass is 19.1. The van der Waals surface area contributed by atoms with E-state index in [0.29, 0.717) is 13.1 Å². The zero-order valence-corrected chi connectivity index (χ0v) is 10.5. The Morgan fingerprint density at radius 2 is 2.22 bits per heavy atom. The van der Waals surface area contributed by atoms with Gasteiger partial charge in [0.25, 0.3) is 5.91 Å². The fourth-order valence-corrected chi connectivity index (χ4v) is 2.19. The van der Waals surface area contributed by atoms with Crippen LogP contribution in [0.4, 0.5) is 4.39 Å². The van der Waals surface area contributed by atoms with Crippen molar-refractivity contribution >= 4 is 5.91 Å². The van der Waals surface area contributed by atoms with Gasteiger partial charge < -0.3 is 15.3 Å². The van der Waals surface area contributed by atoms with Gasteiger partial charge in [0.2, 0.25) is 0 Å². The van der Waals surface area contributed by atoms with E-state index < -0.39 is 17.8 Å². The first-order valence-corrected chi connectivity index (χ1v) is 5.93. The number of nitrogens with zero attached hydrogens (tertiary/aromatic N) is 1. The van der Waals surface area contributed by atoms with Crippen LogP contribution in [-0.4, -0.2) is 48.2 Å². The number of halogens is 1. The van der Waals surface area contributed by atoms with Crippen LogP contribution >= 0.6 is 0 Å². The Balaban J connectivity index is 2.22. The maximum absolute atomic E-state index is 13.6. The first-order valence-electron chi connectivity index (χ1n) is 5.93. The van der Waals surface area contributed by atoms with E-state index in [-0.39, 0.29) is 11.6 Å². The molecule has 1 heterocycles. The van der Waals surface area contributed by atoms with Gasteiger partial charge in [0.1, 0.15) is 5.82 Å². The molecule has 0 aromatic heterocycles. The Morgan fingerprint density at radius 1 is 1.50 bits per heavy atom. The van der Waals surface area contributed by atoms with Gasteiger partial charge in [-0.1, -0.05) is 11.6 Å². The lowest BCUT2D eigenvalue weighted by molar-refractivity contribution is 0.0577. The Morgan fingerprint density at radius 3 is 2.83 bits per heavy atom. The average molecular weight is 252 g/mol. The summed E-state index contributed by atoms with van der Waals surface area (Å²) in [4.78, 5) is 13.6. The number of benzene rings is 1. The lowest BCUT2D eigenvalue weighted by atomic mass is 10.1. The summed E-state index contributed by atoms with van der Waals surface area (Å²) in [5.41, 5.74) is 0.884. The van der Waals surface area contributed by atoms with E-state index in [1.165, 1.54) is 17.0 Å². The predicted molar refractivity (Wildman–Crippen MR) is 65.9 cm³/mol. The molecule has 5 heteroatoms. The quantitative estimate of drug-likeness (QED) is 0.807. The number of aryl methyl sites for hydroxylation is 1. The van der Waals surface area contributed by atoms with Gasteiger partial charge in [-0.3, -0.25) is 4.79 Å². The third-order valence-corrected chi connectivity index (χ3v) is 3.32. The lowest BCUT2D eigenvalue weighted by Gasteiger charge is -2.26. The monoisotopic (exact) mass is 252 g/mol. The summed E-state index contributed by atoms with van der Waals surface area (Å²) in [5.74, 6) is -0.929. The van der Waals surface area contributed by atoms with Crippen molar-refractivity contribution in [2.75, 3.05) is 20.1 Å². The Labute approximate surface area is 105 Å². The van der Waals surface area contributed by atoms with Gasteiger partial charge in [-0.2, -0.15) is 0 Å². The second-order valence-corrected chi connectivity index (χ2v) is 4.69. The molecule has 4 nitrogen and oxygen atoms in total. The minimum atomic E-state index is -0.605. The average Bonchev–Trinajstić information content (AvgIpc) is 2.77. The highest BCUT2D eigenvalue weighted by Gasteiger charge is 2.32. The fourth-order valence-electron chi connectivity index (χ4n) is 2.19.